The Labute approximate surface area is 219 Å². The summed E-state index contributed by atoms with van der Waals surface area (Å²) in [6.07, 6.45) is 0. The number of fused-ring (bicyclic) bond motifs is 5. The molecule has 1 aromatic heterocycles. The van der Waals surface area contributed by atoms with Crippen molar-refractivity contribution in [1.29, 1.82) is 0 Å². The second-order valence-electron chi connectivity index (χ2n) is 9.03. The molecule has 5 aromatic carbocycles. The fraction of sp³-hybridized carbons (Fsp3) is 0. The molecule has 0 saturated heterocycles. The van der Waals surface area contributed by atoms with Crippen LogP contribution in [0.25, 0.3) is 21.2 Å². The van der Waals surface area contributed by atoms with Gasteiger partial charge in [-0.25, -0.2) is 0 Å². The molecule has 4 heteroatoms. The molecule has 2 aliphatic heterocycles. The van der Waals surface area contributed by atoms with E-state index >= 15 is 0 Å². The lowest BCUT2D eigenvalue weighted by atomic mass is 9.34. The van der Waals surface area contributed by atoms with E-state index in [1.165, 1.54) is 0 Å². The molecular formula is C32H20BNOS. The number of benzene rings is 5. The highest BCUT2D eigenvalue weighted by atomic mass is 32.1. The number of thiophene rings is 1. The summed E-state index contributed by atoms with van der Waals surface area (Å²) in [5.41, 5.74) is 7.06. The Balaban J connectivity index is 1.53. The van der Waals surface area contributed by atoms with Crippen LogP contribution in [0.3, 0.4) is 0 Å². The van der Waals surface area contributed by atoms with E-state index in [2.05, 4.69) is 23.1 Å². The monoisotopic (exact) mass is 481 g/mol. The van der Waals surface area contributed by atoms with Crippen LogP contribution in [-0.4, -0.2) is 6.71 Å². The smallest absolute Gasteiger partial charge is 0.256 e. The van der Waals surface area contributed by atoms with E-state index in [9.17, 15) is 1.37 Å². The van der Waals surface area contributed by atoms with Crippen molar-refractivity contribution in [2.45, 2.75) is 0 Å². The largest absolute Gasteiger partial charge is 0.458 e. The van der Waals surface area contributed by atoms with Gasteiger partial charge in [0.25, 0.3) is 6.71 Å². The van der Waals surface area contributed by atoms with Gasteiger partial charge in [-0.05, 0) is 69.7 Å². The molecule has 0 saturated carbocycles. The van der Waals surface area contributed by atoms with Gasteiger partial charge in [-0.3, -0.25) is 0 Å². The number of hydrogen-bond acceptors (Lipinski definition) is 3. The molecule has 0 atom stereocenters. The summed E-state index contributed by atoms with van der Waals surface area (Å²) in [6, 6.07) is 32.3. The summed E-state index contributed by atoms with van der Waals surface area (Å²) in [5.74, 6) is 1.60. The van der Waals surface area contributed by atoms with Crippen LogP contribution in [0.4, 0.5) is 17.1 Å². The molecule has 0 aliphatic carbocycles. The van der Waals surface area contributed by atoms with E-state index in [0.717, 1.165) is 56.2 Å². The highest BCUT2D eigenvalue weighted by molar-refractivity contribution is 7.17. The van der Waals surface area contributed by atoms with Gasteiger partial charge in [0.05, 0.1) is 11.2 Å². The fourth-order valence-corrected chi connectivity index (χ4v) is 6.28. The molecule has 36 heavy (non-hydrogen) atoms. The van der Waals surface area contributed by atoms with E-state index in [0.29, 0.717) is 21.3 Å². The number of ether oxygens (including phenoxy) is 1. The van der Waals surface area contributed by atoms with Crippen molar-refractivity contribution in [3.05, 3.63) is 121 Å². The molecule has 0 radical (unpaired) electrons. The van der Waals surface area contributed by atoms with E-state index < -0.39 is 0 Å². The molecule has 0 N–H and O–H groups in total. The predicted octanol–water partition coefficient (Wildman–Crippen LogP) is 6.97. The van der Waals surface area contributed by atoms with Crippen molar-refractivity contribution in [2.24, 2.45) is 0 Å². The van der Waals surface area contributed by atoms with Gasteiger partial charge in [-0.1, -0.05) is 72.8 Å². The molecular weight excluding hydrogens is 457 g/mol. The molecule has 0 unspecified atom stereocenters. The van der Waals surface area contributed by atoms with Crippen molar-refractivity contribution < 1.29 is 10.2 Å². The minimum absolute atomic E-state index is 0.0349. The first kappa shape index (κ1) is 16.4. The molecule has 6 aromatic rings. The lowest BCUT2D eigenvalue weighted by molar-refractivity contribution is 0.487. The first-order valence-electron chi connectivity index (χ1n) is 13.9. The third kappa shape index (κ3) is 2.73. The number of anilines is 3. The Kier molecular flexibility index (Phi) is 3.47. The topological polar surface area (TPSA) is 12.5 Å². The van der Waals surface area contributed by atoms with Crippen molar-refractivity contribution in [1.82, 2.24) is 0 Å². The Morgan fingerprint density at radius 2 is 1.42 bits per heavy atom. The minimum atomic E-state index is -0.0510. The van der Waals surface area contributed by atoms with Crippen LogP contribution in [0.15, 0.2) is 121 Å². The maximum Gasteiger partial charge on any atom is 0.256 e. The molecule has 0 fully saturated rings. The molecule has 0 spiro atoms. The number of hydrogen-bond donors (Lipinski definition) is 0. The van der Waals surface area contributed by atoms with Crippen LogP contribution in [0, 0.1) is 0 Å². The van der Waals surface area contributed by atoms with Gasteiger partial charge in [0, 0.05) is 27.0 Å². The van der Waals surface area contributed by atoms with Gasteiger partial charge in [-0.2, -0.15) is 0 Å². The summed E-state index contributed by atoms with van der Waals surface area (Å²) in [7, 11) is 0. The predicted molar refractivity (Wildman–Crippen MR) is 153 cm³/mol. The van der Waals surface area contributed by atoms with Crippen LogP contribution >= 0.6 is 11.3 Å². The number of nitrogens with zero attached hydrogens (tertiary/aromatic N) is 1. The highest BCUT2D eigenvalue weighted by Crippen LogP contribution is 2.47. The van der Waals surface area contributed by atoms with E-state index in [-0.39, 0.29) is 30.2 Å². The number of para-hydroxylation sites is 2. The summed E-state index contributed by atoms with van der Waals surface area (Å²) in [4.78, 5) is 2.07. The van der Waals surface area contributed by atoms with Crippen molar-refractivity contribution in [2.75, 3.05) is 4.90 Å². The molecule has 2 nitrogen and oxygen atoms in total. The van der Waals surface area contributed by atoms with Crippen LogP contribution in [0.2, 0.25) is 0 Å². The Hall–Kier alpha value is -4.28. The lowest BCUT2D eigenvalue weighted by Crippen LogP contribution is -2.59. The Bertz CT molecular complexity index is 2010. The first-order valence-corrected chi connectivity index (χ1v) is 12.7. The van der Waals surface area contributed by atoms with E-state index in [4.69, 9.17) is 8.85 Å². The second-order valence-corrected chi connectivity index (χ2v) is 9.85. The Morgan fingerprint density at radius 3 is 2.33 bits per heavy atom. The molecule has 3 heterocycles. The van der Waals surface area contributed by atoms with E-state index in [1.807, 2.05) is 78.9 Å². The lowest BCUT2D eigenvalue weighted by Gasteiger charge is -2.40. The van der Waals surface area contributed by atoms with E-state index in [1.54, 1.807) is 0 Å². The first-order chi connectivity index (χ1) is 19.5. The standard InChI is InChI=1S/C32H20BNOS/c1-2-9-21(10-3-1)31-22-19-20-36-30(22)18-17-26(31)34-25-13-6-4-11-23(25)33-24-12-5-7-15-28(24)35-29-16-8-14-27(34)32(29)33/h1-20H/i17D,18D,19D,20D. The molecule has 2 aliphatic rings. The Morgan fingerprint density at radius 1 is 0.667 bits per heavy atom. The van der Waals surface area contributed by atoms with Crippen molar-refractivity contribution >= 4 is 61.6 Å². The highest BCUT2D eigenvalue weighted by Gasteiger charge is 2.41. The summed E-state index contributed by atoms with van der Waals surface area (Å²) < 4.78 is 42.6. The van der Waals surface area contributed by atoms with Gasteiger partial charge >= 0.3 is 0 Å². The SMILES string of the molecule is [2H]c1sc2c([2H])c([2H])c(N3c4ccccc4B4c5ccccc5Oc5cccc3c54)c(-c3ccccc3)c2c1[2H]. The van der Waals surface area contributed by atoms with Crippen LogP contribution < -0.4 is 26.0 Å². The summed E-state index contributed by atoms with van der Waals surface area (Å²) in [5, 5.41) is 0.640. The third-order valence-corrected chi connectivity index (χ3v) is 7.85. The van der Waals surface area contributed by atoms with Crippen LogP contribution in [0.1, 0.15) is 5.48 Å². The normalized spacial score (nSPS) is 14.7. The maximum atomic E-state index is 9.37. The third-order valence-electron chi connectivity index (χ3n) is 7.13. The average molecular weight is 481 g/mol. The fourth-order valence-electron chi connectivity index (χ4n) is 5.67. The maximum absolute atomic E-state index is 9.37. The zero-order valence-electron chi connectivity index (χ0n) is 23.1. The van der Waals surface area contributed by atoms with Crippen molar-refractivity contribution in [3.63, 3.8) is 0 Å². The molecule has 0 amide bonds. The quantitative estimate of drug-likeness (QED) is 0.247. The molecule has 8 rings (SSSR count). The molecule has 168 valence electrons. The van der Waals surface area contributed by atoms with Gasteiger partial charge in [-0.15, -0.1) is 11.3 Å². The zero-order valence-corrected chi connectivity index (χ0v) is 19.9. The van der Waals surface area contributed by atoms with Gasteiger partial charge < -0.3 is 9.64 Å². The number of rotatable bonds is 2. The van der Waals surface area contributed by atoms with Crippen molar-refractivity contribution in [3.8, 4) is 22.6 Å². The van der Waals surface area contributed by atoms with Gasteiger partial charge in [0.1, 0.15) is 11.5 Å². The van der Waals surface area contributed by atoms with Crippen LogP contribution in [0.5, 0.6) is 11.5 Å². The summed E-state index contributed by atoms with van der Waals surface area (Å²) >= 11 is 1.10. The second kappa shape index (κ2) is 7.61. The summed E-state index contributed by atoms with van der Waals surface area (Å²) in [6.45, 7) is -0.0510. The van der Waals surface area contributed by atoms with Crippen LogP contribution in [-0.2, 0) is 0 Å². The minimum Gasteiger partial charge on any atom is -0.458 e. The molecule has 0 bridgehead atoms. The van der Waals surface area contributed by atoms with Gasteiger partial charge in [0.2, 0.25) is 0 Å². The average Bonchev–Trinajstić information content (AvgIpc) is 3.29. The van der Waals surface area contributed by atoms with Gasteiger partial charge in [0.15, 0.2) is 0 Å². The zero-order chi connectivity index (χ0) is 27.1.